The van der Waals surface area contributed by atoms with Gasteiger partial charge in [-0.3, -0.25) is 0 Å². The van der Waals surface area contributed by atoms with E-state index in [0.29, 0.717) is 12.7 Å². The van der Waals surface area contributed by atoms with Gasteiger partial charge in [-0.05, 0) is 38.8 Å². The fourth-order valence-electron chi connectivity index (χ4n) is 3.26. The van der Waals surface area contributed by atoms with Crippen molar-refractivity contribution in [3.05, 3.63) is 0 Å². The minimum absolute atomic E-state index is 0.320. The minimum Gasteiger partial charge on any atom is -0.389 e. The standard InChI is InChI=1S/C21H45NO2/c1-5-9-10-11-12-13-14-15-21(8-4)24-19-20(23)18-22(16-6-2)17-7-3/h20-21,23H,5-19H2,1-4H3. The Balaban J connectivity index is 3.78. The molecule has 1 N–H and O–H groups in total. The largest absolute Gasteiger partial charge is 0.389 e. The lowest BCUT2D eigenvalue weighted by molar-refractivity contribution is -0.0259. The summed E-state index contributed by atoms with van der Waals surface area (Å²) in [6.45, 7) is 12.2. The summed E-state index contributed by atoms with van der Waals surface area (Å²) < 4.78 is 5.98. The van der Waals surface area contributed by atoms with E-state index in [-0.39, 0.29) is 6.10 Å². The van der Waals surface area contributed by atoms with E-state index >= 15 is 0 Å². The molecule has 0 aliphatic carbocycles. The Kier molecular flexibility index (Phi) is 17.6. The molecule has 0 aromatic rings. The summed E-state index contributed by atoms with van der Waals surface area (Å²) in [6.07, 6.45) is 13.9. The predicted octanol–water partition coefficient (Wildman–Crippen LogP) is 5.41. The Hall–Kier alpha value is -0.120. The van der Waals surface area contributed by atoms with Crippen LogP contribution in [0.2, 0.25) is 0 Å². The molecule has 0 heterocycles. The quantitative estimate of drug-likeness (QED) is 0.338. The molecule has 0 amide bonds. The minimum atomic E-state index is -0.355. The number of nitrogens with zero attached hydrogens (tertiary/aromatic N) is 1. The Morgan fingerprint density at radius 3 is 1.92 bits per heavy atom. The molecule has 0 spiro atoms. The van der Waals surface area contributed by atoms with Crippen molar-refractivity contribution < 1.29 is 9.84 Å². The first-order chi connectivity index (χ1) is 11.7. The topological polar surface area (TPSA) is 32.7 Å². The third kappa shape index (κ3) is 14.2. The van der Waals surface area contributed by atoms with Crippen molar-refractivity contribution in [3.8, 4) is 0 Å². The molecular weight excluding hydrogens is 298 g/mol. The number of aliphatic hydroxyl groups is 1. The lowest BCUT2D eigenvalue weighted by Gasteiger charge is -2.25. The van der Waals surface area contributed by atoms with Crippen LogP contribution in [0.5, 0.6) is 0 Å². The summed E-state index contributed by atoms with van der Waals surface area (Å²) in [5.74, 6) is 0. The molecule has 3 heteroatoms. The normalized spacial score (nSPS) is 14.2. The Labute approximate surface area is 152 Å². The maximum absolute atomic E-state index is 10.2. The Morgan fingerprint density at radius 2 is 1.38 bits per heavy atom. The van der Waals surface area contributed by atoms with Gasteiger partial charge in [0.15, 0.2) is 0 Å². The molecule has 0 saturated carbocycles. The van der Waals surface area contributed by atoms with Crippen LogP contribution in [0.3, 0.4) is 0 Å². The van der Waals surface area contributed by atoms with E-state index in [1.807, 2.05) is 0 Å². The maximum Gasteiger partial charge on any atom is 0.0900 e. The van der Waals surface area contributed by atoms with Crippen LogP contribution in [0.15, 0.2) is 0 Å². The van der Waals surface area contributed by atoms with Gasteiger partial charge in [-0.1, -0.05) is 72.6 Å². The molecule has 0 saturated heterocycles. The summed E-state index contributed by atoms with van der Waals surface area (Å²) in [5.41, 5.74) is 0. The second kappa shape index (κ2) is 17.7. The average molecular weight is 344 g/mol. The second-order valence-electron chi connectivity index (χ2n) is 7.23. The van der Waals surface area contributed by atoms with Crippen molar-refractivity contribution in [1.82, 2.24) is 4.90 Å². The molecule has 24 heavy (non-hydrogen) atoms. The Bertz CT molecular complexity index is 242. The van der Waals surface area contributed by atoms with Crippen molar-refractivity contribution >= 4 is 0 Å². The van der Waals surface area contributed by atoms with Crippen LogP contribution >= 0.6 is 0 Å². The highest BCUT2D eigenvalue weighted by Gasteiger charge is 2.13. The van der Waals surface area contributed by atoms with Crippen LogP contribution in [0.25, 0.3) is 0 Å². The van der Waals surface area contributed by atoms with E-state index < -0.39 is 0 Å². The highest BCUT2D eigenvalue weighted by atomic mass is 16.5. The molecule has 0 fully saturated rings. The number of unbranched alkanes of at least 4 members (excludes halogenated alkanes) is 6. The molecule has 0 aliphatic heterocycles. The molecule has 146 valence electrons. The number of rotatable bonds is 18. The second-order valence-corrected chi connectivity index (χ2v) is 7.23. The van der Waals surface area contributed by atoms with Crippen molar-refractivity contribution in [2.75, 3.05) is 26.2 Å². The molecule has 2 unspecified atom stereocenters. The van der Waals surface area contributed by atoms with Gasteiger partial charge in [0.25, 0.3) is 0 Å². The van der Waals surface area contributed by atoms with Crippen molar-refractivity contribution in [2.45, 2.75) is 111 Å². The van der Waals surface area contributed by atoms with Crippen molar-refractivity contribution in [2.24, 2.45) is 0 Å². The smallest absolute Gasteiger partial charge is 0.0900 e. The van der Waals surface area contributed by atoms with Crippen molar-refractivity contribution in [3.63, 3.8) is 0 Å². The van der Waals surface area contributed by atoms with E-state index in [1.165, 1.54) is 44.9 Å². The lowest BCUT2D eigenvalue weighted by Crippen LogP contribution is -2.36. The van der Waals surface area contributed by atoms with Gasteiger partial charge in [-0.25, -0.2) is 0 Å². The summed E-state index contributed by atoms with van der Waals surface area (Å²) >= 11 is 0. The molecule has 3 nitrogen and oxygen atoms in total. The van der Waals surface area contributed by atoms with Crippen LogP contribution in [0.1, 0.15) is 98.3 Å². The molecule has 0 aromatic carbocycles. The fourth-order valence-corrected chi connectivity index (χ4v) is 3.26. The maximum atomic E-state index is 10.2. The Morgan fingerprint density at radius 1 is 0.792 bits per heavy atom. The first-order valence-electron chi connectivity index (χ1n) is 10.7. The van der Waals surface area contributed by atoms with E-state index in [2.05, 4.69) is 32.6 Å². The zero-order valence-electron chi connectivity index (χ0n) is 17.1. The van der Waals surface area contributed by atoms with E-state index in [1.54, 1.807) is 0 Å². The van der Waals surface area contributed by atoms with Gasteiger partial charge < -0.3 is 14.7 Å². The van der Waals surface area contributed by atoms with E-state index in [0.717, 1.165) is 45.3 Å². The number of hydrogen-bond donors (Lipinski definition) is 1. The van der Waals surface area contributed by atoms with Gasteiger partial charge in [-0.15, -0.1) is 0 Å². The molecule has 0 bridgehead atoms. The highest BCUT2D eigenvalue weighted by molar-refractivity contribution is 4.65. The van der Waals surface area contributed by atoms with Crippen LogP contribution in [0.4, 0.5) is 0 Å². The number of hydrogen-bond acceptors (Lipinski definition) is 3. The lowest BCUT2D eigenvalue weighted by atomic mass is 10.1. The summed E-state index contributed by atoms with van der Waals surface area (Å²) in [4.78, 5) is 2.35. The molecule has 2 atom stereocenters. The fraction of sp³-hybridized carbons (Fsp3) is 1.00. The number of aliphatic hydroxyl groups excluding tert-OH is 1. The number of ether oxygens (including phenoxy) is 1. The van der Waals surface area contributed by atoms with Crippen LogP contribution in [-0.4, -0.2) is 48.5 Å². The summed E-state index contributed by atoms with van der Waals surface area (Å²) in [7, 11) is 0. The molecule has 0 radical (unpaired) electrons. The zero-order valence-corrected chi connectivity index (χ0v) is 17.1. The van der Waals surface area contributed by atoms with Crippen LogP contribution in [0, 0.1) is 0 Å². The van der Waals surface area contributed by atoms with Crippen molar-refractivity contribution in [1.29, 1.82) is 0 Å². The first kappa shape index (κ1) is 23.9. The SMILES string of the molecule is CCCCCCCCCC(CC)OCC(O)CN(CCC)CCC. The zero-order chi connectivity index (χ0) is 18.0. The van der Waals surface area contributed by atoms with Gasteiger partial charge in [0.1, 0.15) is 0 Å². The summed E-state index contributed by atoms with van der Waals surface area (Å²) in [6, 6.07) is 0. The van der Waals surface area contributed by atoms with Gasteiger partial charge in [-0.2, -0.15) is 0 Å². The monoisotopic (exact) mass is 343 g/mol. The van der Waals surface area contributed by atoms with Gasteiger partial charge >= 0.3 is 0 Å². The molecule has 0 aromatic heterocycles. The van der Waals surface area contributed by atoms with E-state index in [4.69, 9.17) is 4.74 Å². The van der Waals surface area contributed by atoms with Gasteiger partial charge in [0.2, 0.25) is 0 Å². The summed E-state index contributed by atoms with van der Waals surface area (Å²) in [5, 5.41) is 10.2. The molecular formula is C21H45NO2. The highest BCUT2D eigenvalue weighted by Crippen LogP contribution is 2.13. The van der Waals surface area contributed by atoms with E-state index in [9.17, 15) is 5.11 Å². The van der Waals surface area contributed by atoms with Gasteiger partial charge in [0, 0.05) is 6.54 Å². The molecule has 0 rings (SSSR count). The third-order valence-electron chi connectivity index (χ3n) is 4.66. The third-order valence-corrected chi connectivity index (χ3v) is 4.66. The van der Waals surface area contributed by atoms with Gasteiger partial charge in [0.05, 0.1) is 18.8 Å². The van der Waals surface area contributed by atoms with Crippen LogP contribution < -0.4 is 0 Å². The first-order valence-corrected chi connectivity index (χ1v) is 10.7. The van der Waals surface area contributed by atoms with Crippen LogP contribution in [-0.2, 0) is 4.74 Å². The molecule has 0 aliphatic rings. The predicted molar refractivity (Wildman–Crippen MR) is 106 cm³/mol. The average Bonchev–Trinajstić information content (AvgIpc) is 2.57.